The molecule has 1 N–H and O–H groups in total. The highest BCUT2D eigenvalue weighted by molar-refractivity contribution is 7.71. The first-order valence-electron chi connectivity index (χ1n) is 6.57. The molecule has 24 heavy (non-hydrogen) atoms. The Bertz CT molecular complexity index is 811. The van der Waals surface area contributed by atoms with Crippen LogP contribution in [-0.4, -0.2) is 34.8 Å². The second-order valence-electron chi connectivity index (χ2n) is 4.42. The van der Waals surface area contributed by atoms with Gasteiger partial charge in [0.05, 0.1) is 13.3 Å². The van der Waals surface area contributed by atoms with Crippen LogP contribution in [-0.2, 0) is 6.18 Å². The summed E-state index contributed by atoms with van der Waals surface area (Å²) in [5.41, 5.74) is 0.494. The van der Waals surface area contributed by atoms with Crippen molar-refractivity contribution in [2.75, 3.05) is 13.7 Å². The molecule has 0 atom stereocenters. The maximum Gasteiger partial charge on any atom is 0.453 e. The molecule has 0 amide bonds. The van der Waals surface area contributed by atoms with Crippen LogP contribution in [0, 0.1) is 4.77 Å². The normalized spacial score (nSPS) is 11.7. The average Bonchev–Trinajstić information content (AvgIpc) is 2.92. The monoisotopic (exact) mass is 358 g/mol. The molecular formula is C14H13F3N4O2S. The molecule has 6 nitrogen and oxygen atoms in total. The second kappa shape index (κ2) is 7.30. The van der Waals surface area contributed by atoms with Gasteiger partial charge in [0.25, 0.3) is 5.82 Å². The van der Waals surface area contributed by atoms with E-state index in [-0.39, 0.29) is 4.77 Å². The maximum absolute atomic E-state index is 12.8. The molecule has 0 saturated carbocycles. The second-order valence-corrected chi connectivity index (χ2v) is 4.80. The van der Waals surface area contributed by atoms with Gasteiger partial charge in [0.1, 0.15) is 6.61 Å². The SMILES string of the molecule is C=CCOc1ccc(/C=N/n2c(C(F)(F)F)n[nH]c2=S)cc1OC. The molecule has 128 valence electrons. The van der Waals surface area contributed by atoms with E-state index in [1.54, 1.807) is 24.3 Å². The summed E-state index contributed by atoms with van der Waals surface area (Å²) in [7, 11) is 1.45. The molecule has 2 aromatic rings. The van der Waals surface area contributed by atoms with Crippen molar-refractivity contribution in [1.29, 1.82) is 0 Å². The van der Waals surface area contributed by atoms with Gasteiger partial charge in [0.2, 0.25) is 4.77 Å². The zero-order valence-electron chi connectivity index (χ0n) is 12.5. The van der Waals surface area contributed by atoms with Crippen molar-refractivity contribution in [2.45, 2.75) is 6.18 Å². The van der Waals surface area contributed by atoms with E-state index >= 15 is 0 Å². The minimum atomic E-state index is -4.68. The number of rotatable bonds is 6. The van der Waals surface area contributed by atoms with Crippen LogP contribution in [0.2, 0.25) is 0 Å². The number of alkyl halides is 3. The van der Waals surface area contributed by atoms with Gasteiger partial charge >= 0.3 is 6.18 Å². The molecule has 0 saturated heterocycles. The Labute approximate surface area is 140 Å². The summed E-state index contributed by atoms with van der Waals surface area (Å²) < 4.78 is 49.2. The lowest BCUT2D eigenvalue weighted by Crippen LogP contribution is -2.12. The van der Waals surface area contributed by atoms with Crippen LogP contribution < -0.4 is 9.47 Å². The number of ether oxygens (including phenoxy) is 2. The molecule has 1 heterocycles. The first-order chi connectivity index (χ1) is 11.4. The first kappa shape index (κ1) is 17.7. The zero-order valence-corrected chi connectivity index (χ0v) is 13.3. The van der Waals surface area contributed by atoms with Crippen LogP contribution >= 0.6 is 12.2 Å². The standard InChI is InChI=1S/C14H13F3N4O2S/c1-3-6-23-10-5-4-9(7-11(10)22-2)8-18-21-12(14(15,16)17)19-20-13(21)24/h3-5,7-8H,1,6H2,2H3,(H,20,24)/b18-8+. The third-order valence-corrected chi connectivity index (χ3v) is 3.03. The molecular weight excluding hydrogens is 345 g/mol. The number of nitrogens with zero attached hydrogens (tertiary/aromatic N) is 3. The van der Waals surface area contributed by atoms with Gasteiger partial charge in [-0.1, -0.05) is 12.7 Å². The van der Waals surface area contributed by atoms with E-state index in [9.17, 15) is 13.2 Å². The van der Waals surface area contributed by atoms with Crippen molar-refractivity contribution in [3.05, 3.63) is 47.0 Å². The van der Waals surface area contributed by atoms with Gasteiger partial charge in [-0.25, -0.2) is 5.10 Å². The largest absolute Gasteiger partial charge is 0.493 e. The highest BCUT2D eigenvalue weighted by atomic mass is 32.1. The summed E-state index contributed by atoms with van der Waals surface area (Å²) in [6.07, 6.45) is -1.89. The first-order valence-corrected chi connectivity index (χ1v) is 6.98. The van der Waals surface area contributed by atoms with Crippen LogP contribution in [0.1, 0.15) is 11.4 Å². The highest BCUT2D eigenvalue weighted by Crippen LogP contribution is 2.29. The van der Waals surface area contributed by atoms with Gasteiger partial charge in [-0.2, -0.15) is 22.9 Å². The highest BCUT2D eigenvalue weighted by Gasteiger charge is 2.37. The fourth-order valence-corrected chi connectivity index (χ4v) is 1.92. The number of benzene rings is 1. The van der Waals surface area contributed by atoms with Crippen LogP contribution in [0.25, 0.3) is 0 Å². The van der Waals surface area contributed by atoms with E-state index in [2.05, 4.69) is 21.9 Å². The molecule has 0 aliphatic heterocycles. The van der Waals surface area contributed by atoms with E-state index in [0.717, 1.165) is 0 Å². The summed E-state index contributed by atoms with van der Waals surface area (Å²) in [6, 6.07) is 4.79. The summed E-state index contributed by atoms with van der Waals surface area (Å²) >= 11 is 4.75. The molecule has 0 bridgehead atoms. The lowest BCUT2D eigenvalue weighted by atomic mass is 10.2. The Hall–Kier alpha value is -2.62. The van der Waals surface area contributed by atoms with Crippen LogP contribution in [0.15, 0.2) is 36.0 Å². The zero-order chi connectivity index (χ0) is 17.7. The Morgan fingerprint density at radius 2 is 2.17 bits per heavy atom. The molecule has 0 radical (unpaired) electrons. The van der Waals surface area contributed by atoms with E-state index in [1.807, 2.05) is 0 Å². The Morgan fingerprint density at radius 3 is 2.79 bits per heavy atom. The van der Waals surface area contributed by atoms with Gasteiger partial charge in [0, 0.05) is 0 Å². The Kier molecular flexibility index (Phi) is 5.39. The van der Waals surface area contributed by atoms with Crippen LogP contribution in [0.3, 0.4) is 0 Å². The molecule has 10 heteroatoms. The van der Waals surface area contributed by atoms with Gasteiger partial charge in [-0.15, -0.1) is 5.10 Å². The number of aromatic amines is 1. The quantitative estimate of drug-likeness (QED) is 0.488. The molecule has 1 aromatic carbocycles. The van der Waals surface area contributed by atoms with E-state index in [0.29, 0.717) is 28.3 Å². The van der Waals surface area contributed by atoms with Gasteiger partial charge in [-0.3, -0.25) is 0 Å². The van der Waals surface area contributed by atoms with Crippen molar-refractivity contribution in [2.24, 2.45) is 5.10 Å². The topological polar surface area (TPSA) is 64.4 Å². The molecule has 0 fully saturated rings. The molecule has 0 aliphatic carbocycles. The van der Waals surface area contributed by atoms with E-state index < -0.39 is 12.0 Å². The van der Waals surface area contributed by atoms with Crippen molar-refractivity contribution in [1.82, 2.24) is 14.9 Å². The fourth-order valence-electron chi connectivity index (χ4n) is 1.74. The Morgan fingerprint density at radius 1 is 1.42 bits per heavy atom. The summed E-state index contributed by atoms with van der Waals surface area (Å²) in [4.78, 5) is 0. The van der Waals surface area contributed by atoms with E-state index in [4.69, 9.17) is 21.7 Å². The average molecular weight is 358 g/mol. The van der Waals surface area contributed by atoms with Gasteiger partial charge in [0.15, 0.2) is 11.5 Å². The third kappa shape index (κ3) is 4.02. The maximum atomic E-state index is 12.8. The fraction of sp³-hybridized carbons (Fsp3) is 0.214. The number of H-pyrrole nitrogens is 1. The summed E-state index contributed by atoms with van der Waals surface area (Å²) in [6.45, 7) is 3.84. The van der Waals surface area contributed by atoms with Gasteiger partial charge in [-0.05, 0) is 36.0 Å². The number of hydrogen-bond acceptors (Lipinski definition) is 5. The predicted molar refractivity (Wildman–Crippen MR) is 84.1 cm³/mol. The lowest BCUT2D eigenvalue weighted by molar-refractivity contribution is -0.147. The smallest absolute Gasteiger partial charge is 0.453 e. The molecule has 2 rings (SSSR count). The summed E-state index contributed by atoms with van der Waals surface area (Å²) in [5, 5.41) is 8.93. The number of hydrogen-bond donors (Lipinski definition) is 1. The van der Waals surface area contributed by atoms with Crippen molar-refractivity contribution < 1.29 is 22.6 Å². The third-order valence-electron chi connectivity index (χ3n) is 2.77. The number of aromatic nitrogens is 3. The predicted octanol–water partition coefficient (Wildman–Crippen LogP) is 3.42. The summed E-state index contributed by atoms with van der Waals surface area (Å²) in [5.74, 6) is -0.347. The number of methoxy groups -OCH3 is 1. The molecule has 1 aromatic heterocycles. The Balaban J connectivity index is 2.32. The van der Waals surface area contributed by atoms with Crippen molar-refractivity contribution >= 4 is 18.4 Å². The molecule has 0 spiro atoms. The molecule has 0 unspecified atom stereocenters. The lowest BCUT2D eigenvalue weighted by Gasteiger charge is -2.09. The van der Waals surface area contributed by atoms with E-state index in [1.165, 1.54) is 13.3 Å². The van der Waals surface area contributed by atoms with Crippen LogP contribution in [0.4, 0.5) is 13.2 Å². The molecule has 0 aliphatic rings. The number of halogens is 3. The van der Waals surface area contributed by atoms with Gasteiger partial charge < -0.3 is 9.47 Å². The van der Waals surface area contributed by atoms with Crippen LogP contribution in [0.5, 0.6) is 11.5 Å². The van der Waals surface area contributed by atoms with Crippen molar-refractivity contribution in [3.63, 3.8) is 0 Å². The minimum absolute atomic E-state index is 0.267. The minimum Gasteiger partial charge on any atom is -0.493 e. The number of nitrogens with one attached hydrogen (secondary N) is 1. The van der Waals surface area contributed by atoms with Crippen molar-refractivity contribution in [3.8, 4) is 11.5 Å².